The number of unbranched alkanes of at least 4 members (excludes halogenated alkanes) is 1. The number of furan rings is 1. The van der Waals surface area contributed by atoms with Gasteiger partial charge < -0.3 is 9.15 Å². The second kappa shape index (κ2) is 5.25. The van der Waals surface area contributed by atoms with E-state index in [0.717, 1.165) is 36.6 Å². The molecule has 2 aromatic rings. The molecule has 0 bridgehead atoms. The molecule has 1 aromatic carbocycles. The lowest BCUT2D eigenvalue weighted by Crippen LogP contribution is -2.30. The lowest BCUT2D eigenvalue weighted by molar-refractivity contribution is 0.228. The van der Waals surface area contributed by atoms with Crippen molar-refractivity contribution >= 4 is 11.0 Å². The summed E-state index contributed by atoms with van der Waals surface area (Å²) in [6.07, 6.45) is 3.59. The molecule has 102 valence electrons. The van der Waals surface area contributed by atoms with Crippen LogP contribution in [0.5, 0.6) is 5.75 Å². The molecule has 0 saturated carbocycles. The van der Waals surface area contributed by atoms with E-state index < -0.39 is 0 Å². The summed E-state index contributed by atoms with van der Waals surface area (Å²) < 4.78 is 11.4. The van der Waals surface area contributed by atoms with E-state index in [9.17, 15) is 0 Å². The van der Waals surface area contributed by atoms with Crippen LogP contribution >= 0.6 is 0 Å². The molecule has 19 heavy (non-hydrogen) atoms. The molecular formula is C16H21NO2. The Morgan fingerprint density at radius 3 is 3.05 bits per heavy atom. The van der Waals surface area contributed by atoms with Crippen LogP contribution < -0.4 is 4.74 Å². The average Bonchev–Trinajstić information content (AvgIpc) is 2.82. The minimum Gasteiger partial charge on any atom is -0.493 e. The highest BCUT2D eigenvalue weighted by Crippen LogP contribution is 2.35. The number of benzene rings is 1. The molecule has 0 aliphatic carbocycles. The fraction of sp³-hybridized carbons (Fsp3) is 0.500. The Bertz CT molecular complexity index is 573. The second-order valence-electron chi connectivity index (χ2n) is 5.22. The van der Waals surface area contributed by atoms with Gasteiger partial charge in [0.1, 0.15) is 5.76 Å². The van der Waals surface area contributed by atoms with E-state index in [1.165, 1.54) is 30.3 Å². The van der Waals surface area contributed by atoms with Crippen LogP contribution in [-0.4, -0.2) is 25.1 Å². The van der Waals surface area contributed by atoms with Gasteiger partial charge in [-0.05, 0) is 25.5 Å². The summed E-state index contributed by atoms with van der Waals surface area (Å²) in [4.78, 5) is 2.49. The molecule has 0 atom stereocenters. The molecule has 0 saturated heterocycles. The van der Waals surface area contributed by atoms with Crippen LogP contribution in [-0.2, 0) is 13.0 Å². The summed E-state index contributed by atoms with van der Waals surface area (Å²) in [6, 6.07) is 6.15. The molecule has 0 spiro atoms. The lowest BCUT2D eigenvalue weighted by atomic mass is 10.0. The Morgan fingerprint density at radius 2 is 2.26 bits per heavy atom. The molecule has 3 nitrogen and oxygen atoms in total. The second-order valence-corrected chi connectivity index (χ2v) is 5.22. The Kier molecular flexibility index (Phi) is 3.47. The highest BCUT2D eigenvalue weighted by molar-refractivity contribution is 5.87. The summed E-state index contributed by atoms with van der Waals surface area (Å²) in [5.74, 6) is 1.97. The van der Waals surface area contributed by atoms with E-state index in [1.54, 1.807) is 7.11 Å². The van der Waals surface area contributed by atoms with Gasteiger partial charge in [0.25, 0.3) is 0 Å². The van der Waals surface area contributed by atoms with Gasteiger partial charge in [0, 0.05) is 17.5 Å². The number of hydrogen-bond donors (Lipinski definition) is 0. The van der Waals surface area contributed by atoms with Crippen LogP contribution in [0.1, 0.15) is 31.1 Å². The number of fused-ring (bicyclic) bond motifs is 3. The van der Waals surface area contributed by atoms with Crippen molar-refractivity contribution in [2.45, 2.75) is 32.7 Å². The van der Waals surface area contributed by atoms with Crippen LogP contribution in [0.15, 0.2) is 22.6 Å². The summed E-state index contributed by atoms with van der Waals surface area (Å²) >= 11 is 0. The van der Waals surface area contributed by atoms with Crippen LogP contribution in [0.4, 0.5) is 0 Å². The van der Waals surface area contributed by atoms with Gasteiger partial charge >= 0.3 is 0 Å². The normalized spacial score (nSPS) is 15.7. The summed E-state index contributed by atoms with van der Waals surface area (Å²) in [5, 5.41) is 1.23. The van der Waals surface area contributed by atoms with Crippen LogP contribution in [0.25, 0.3) is 11.0 Å². The van der Waals surface area contributed by atoms with Crippen molar-refractivity contribution in [3.63, 3.8) is 0 Å². The highest BCUT2D eigenvalue weighted by Gasteiger charge is 2.23. The minimum atomic E-state index is 0.840. The molecule has 1 aliphatic heterocycles. The predicted octanol–water partition coefficient (Wildman–Crippen LogP) is 3.60. The first-order valence-electron chi connectivity index (χ1n) is 7.13. The fourth-order valence-corrected chi connectivity index (χ4v) is 2.88. The molecule has 0 fully saturated rings. The topological polar surface area (TPSA) is 25.6 Å². The van der Waals surface area contributed by atoms with Gasteiger partial charge in [-0.25, -0.2) is 0 Å². The van der Waals surface area contributed by atoms with Crippen molar-refractivity contribution < 1.29 is 9.15 Å². The number of methoxy groups -OCH3 is 1. The fourth-order valence-electron chi connectivity index (χ4n) is 2.88. The monoisotopic (exact) mass is 259 g/mol. The molecule has 1 aromatic heterocycles. The molecule has 3 rings (SSSR count). The molecule has 1 aliphatic rings. The van der Waals surface area contributed by atoms with Gasteiger partial charge in [0.2, 0.25) is 0 Å². The summed E-state index contributed by atoms with van der Waals surface area (Å²) in [5.41, 5.74) is 2.29. The molecule has 0 unspecified atom stereocenters. The quantitative estimate of drug-likeness (QED) is 0.839. The van der Waals surface area contributed by atoms with Gasteiger partial charge in [-0.15, -0.1) is 0 Å². The number of rotatable bonds is 4. The maximum absolute atomic E-state index is 6.06. The maximum Gasteiger partial charge on any atom is 0.176 e. The molecular weight excluding hydrogens is 238 g/mol. The minimum absolute atomic E-state index is 0.840. The first-order chi connectivity index (χ1) is 9.33. The zero-order valence-electron chi connectivity index (χ0n) is 11.7. The Hall–Kier alpha value is -1.48. The average molecular weight is 259 g/mol. The summed E-state index contributed by atoms with van der Waals surface area (Å²) in [6.45, 7) is 5.48. The van der Waals surface area contributed by atoms with Crippen molar-refractivity contribution in [3.05, 3.63) is 29.5 Å². The van der Waals surface area contributed by atoms with E-state index in [0.29, 0.717) is 0 Å². The lowest BCUT2D eigenvalue weighted by Gasteiger charge is -2.25. The van der Waals surface area contributed by atoms with E-state index in [2.05, 4.69) is 17.9 Å². The third-order valence-electron chi connectivity index (χ3n) is 3.96. The van der Waals surface area contributed by atoms with Crippen molar-refractivity contribution in [3.8, 4) is 5.75 Å². The number of para-hydroxylation sites is 1. The third-order valence-corrected chi connectivity index (χ3v) is 3.96. The molecule has 0 radical (unpaired) electrons. The van der Waals surface area contributed by atoms with Gasteiger partial charge in [-0.3, -0.25) is 4.90 Å². The van der Waals surface area contributed by atoms with E-state index >= 15 is 0 Å². The van der Waals surface area contributed by atoms with E-state index in [1.807, 2.05) is 12.1 Å². The largest absolute Gasteiger partial charge is 0.493 e. The third kappa shape index (κ3) is 2.23. The van der Waals surface area contributed by atoms with Crippen LogP contribution in [0.2, 0.25) is 0 Å². The van der Waals surface area contributed by atoms with Crippen LogP contribution in [0, 0.1) is 0 Å². The van der Waals surface area contributed by atoms with Gasteiger partial charge in [-0.2, -0.15) is 0 Å². The van der Waals surface area contributed by atoms with E-state index in [-0.39, 0.29) is 0 Å². The number of ether oxygens (including phenoxy) is 1. The molecule has 2 heterocycles. The van der Waals surface area contributed by atoms with Crippen molar-refractivity contribution in [1.29, 1.82) is 0 Å². The standard InChI is InChI=1S/C16H21NO2/c1-3-4-9-17-10-8-12-13-6-5-7-14(18-2)16(13)19-15(12)11-17/h5-7H,3-4,8-11H2,1-2H3. The van der Waals surface area contributed by atoms with Gasteiger partial charge in [0.15, 0.2) is 11.3 Å². The number of hydrogen-bond acceptors (Lipinski definition) is 3. The smallest absolute Gasteiger partial charge is 0.176 e. The molecule has 3 heteroatoms. The zero-order chi connectivity index (χ0) is 13.2. The van der Waals surface area contributed by atoms with E-state index in [4.69, 9.17) is 9.15 Å². The Balaban J connectivity index is 1.93. The summed E-state index contributed by atoms with van der Waals surface area (Å²) in [7, 11) is 1.70. The van der Waals surface area contributed by atoms with Crippen molar-refractivity contribution in [2.24, 2.45) is 0 Å². The van der Waals surface area contributed by atoms with Gasteiger partial charge in [-0.1, -0.05) is 25.5 Å². The first-order valence-corrected chi connectivity index (χ1v) is 7.13. The zero-order valence-corrected chi connectivity index (χ0v) is 11.7. The van der Waals surface area contributed by atoms with Gasteiger partial charge in [0.05, 0.1) is 13.7 Å². The molecule has 0 N–H and O–H groups in total. The number of nitrogens with zero attached hydrogens (tertiary/aromatic N) is 1. The van der Waals surface area contributed by atoms with Crippen molar-refractivity contribution in [1.82, 2.24) is 4.90 Å². The SMILES string of the molecule is CCCCN1CCc2c(oc3c(OC)cccc23)C1. The highest BCUT2D eigenvalue weighted by atomic mass is 16.5. The van der Waals surface area contributed by atoms with Crippen LogP contribution in [0.3, 0.4) is 0 Å². The van der Waals surface area contributed by atoms with Crippen molar-refractivity contribution in [2.75, 3.05) is 20.2 Å². The Labute approximate surface area is 114 Å². The maximum atomic E-state index is 6.06. The molecule has 0 amide bonds. The predicted molar refractivity (Wildman–Crippen MR) is 76.7 cm³/mol. The Morgan fingerprint density at radius 1 is 1.37 bits per heavy atom. The first kappa shape index (κ1) is 12.5.